The van der Waals surface area contributed by atoms with Crippen molar-refractivity contribution in [2.24, 2.45) is 10.9 Å². The number of alkyl halides is 6. The minimum atomic E-state index is -5.94. The molecule has 0 amide bonds. The van der Waals surface area contributed by atoms with Gasteiger partial charge in [0.1, 0.15) is 11.3 Å². The fraction of sp³-hybridized carbons (Fsp3) is 0.536. The maximum absolute atomic E-state index is 13.4. The highest BCUT2D eigenvalue weighted by Gasteiger charge is 2.71. The maximum Gasteiger partial charge on any atom is 0.430 e. The van der Waals surface area contributed by atoms with Crippen molar-refractivity contribution in [2.75, 3.05) is 26.5 Å². The van der Waals surface area contributed by atoms with Gasteiger partial charge < -0.3 is 24.2 Å². The molecule has 0 aromatic heterocycles. The van der Waals surface area contributed by atoms with Crippen LogP contribution in [0.5, 0.6) is 17.2 Å². The predicted octanol–water partition coefficient (Wildman–Crippen LogP) is 6.34. The van der Waals surface area contributed by atoms with Crippen LogP contribution in [0.25, 0.3) is 0 Å². The number of rotatable bonds is 10. The second-order valence-electron chi connectivity index (χ2n) is 10.7. The highest BCUT2D eigenvalue weighted by atomic mass is 19.4. The molecule has 0 saturated heterocycles. The zero-order valence-corrected chi connectivity index (χ0v) is 22.4. The smallest absolute Gasteiger partial charge is 0.430 e. The average Bonchev–Trinajstić information content (AvgIpc) is 3.49. The molecule has 12 heteroatoms. The van der Waals surface area contributed by atoms with Gasteiger partial charge in [0.15, 0.2) is 11.5 Å². The van der Waals surface area contributed by atoms with Crippen LogP contribution in [0.2, 0.25) is 0 Å². The Kier molecular flexibility index (Phi) is 8.22. The summed E-state index contributed by atoms with van der Waals surface area (Å²) in [6.45, 7) is 7.36. The number of aliphatic imine (C=N–C) groups is 1. The van der Waals surface area contributed by atoms with E-state index >= 15 is 0 Å². The minimum Gasteiger partial charge on any atom is -0.493 e. The molecule has 6 nitrogen and oxygen atoms in total. The van der Waals surface area contributed by atoms with Crippen molar-refractivity contribution in [3.05, 3.63) is 53.1 Å². The molecule has 2 heterocycles. The van der Waals surface area contributed by atoms with Crippen molar-refractivity contribution >= 4 is 6.34 Å². The van der Waals surface area contributed by atoms with Crippen LogP contribution in [-0.2, 0) is 17.6 Å². The van der Waals surface area contributed by atoms with Crippen molar-refractivity contribution in [3.63, 3.8) is 0 Å². The normalized spacial score (nSPS) is 19.1. The molecule has 0 saturated carbocycles. The first kappa shape index (κ1) is 29.8. The molecule has 40 heavy (non-hydrogen) atoms. The number of ether oxygens (including phenoxy) is 3. The molecule has 0 aliphatic carbocycles. The summed E-state index contributed by atoms with van der Waals surface area (Å²) in [5, 5.41) is 9.79. The molecule has 0 spiro atoms. The second-order valence-corrected chi connectivity index (χ2v) is 10.7. The van der Waals surface area contributed by atoms with Crippen LogP contribution in [-0.4, -0.2) is 55.2 Å². The first-order valence-corrected chi connectivity index (χ1v) is 13.0. The molecule has 0 bridgehead atoms. The number of hydrogen-bond donors (Lipinski definition) is 1. The van der Waals surface area contributed by atoms with Crippen molar-refractivity contribution in [1.29, 1.82) is 0 Å². The summed E-state index contributed by atoms with van der Waals surface area (Å²) < 4.78 is 96.8. The third kappa shape index (κ3) is 5.96. The Morgan fingerprint density at radius 2 is 1.70 bits per heavy atom. The van der Waals surface area contributed by atoms with Crippen LogP contribution in [0, 0.1) is 5.92 Å². The molecule has 1 N–H and O–H groups in total. The van der Waals surface area contributed by atoms with Gasteiger partial charge in [0.25, 0.3) is 5.60 Å². The fourth-order valence-corrected chi connectivity index (χ4v) is 4.85. The van der Waals surface area contributed by atoms with Crippen LogP contribution in [0.3, 0.4) is 0 Å². The Hall–Kier alpha value is -3.15. The van der Waals surface area contributed by atoms with E-state index < -0.39 is 29.1 Å². The van der Waals surface area contributed by atoms with E-state index in [1.165, 1.54) is 0 Å². The number of benzene rings is 2. The number of aliphatic hydroxyl groups is 1. The molecule has 2 aliphatic heterocycles. The zero-order chi connectivity index (χ0) is 29.3. The molecule has 2 aliphatic rings. The minimum absolute atomic E-state index is 0.0732. The number of hydrogen-bond acceptors (Lipinski definition) is 6. The molecule has 1 unspecified atom stereocenters. The van der Waals surface area contributed by atoms with E-state index in [0.29, 0.717) is 37.1 Å². The molecular weight excluding hydrogens is 542 g/mol. The first-order chi connectivity index (χ1) is 18.6. The van der Waals surface area contributed by atoms with E-state index in [2.05, 4.69) is 9.89 Å². The molecule has 2 aromatic rings. The van der Waals surface area contributed by atoms with Gasteiger partial charge in [0, 0.05) is 18.7 Å². The number of unbranched alkanes of at least 4 members (excludes halogenated alkanes) is 1. The Bertz CT molecular complexity index is 1220. The summed E-state index contributed by atoms with van der Waals surface area (Å²) in [5.41, 5.74) is -5.53. The molecule has 4 rings (SSSR count). The summed E-state index contributed by atoms with van der Waals surface area (Å²) in [6.07, 6.45) is -8.59. The Labute approximate surface area is 228 Å². The van der Waals surface area contributed by atoms with Crippen molar-refractivity contribution in [1.82, 2.24) is 4.90 Å². The Morgan fingerprint density at radius 3 is 2.38 bits per heavy atom. The lowest BCUT2D eigenvalue weighted by atomic mass is 9.89. The topological polar surface area (TPSA) is 63.5 Å². The predicted molar refractivity (Wildman–Crippen MR) is 136 cm³/mol. The van der Waals surface area contributed by atoms with E-state index in [9.17, 15) is 31.4 Å². The van der Waals surface area contributed by atoms with Gasteiger partial charge in [-0.2, -0.15) is 26.3 Å². The van der Waals surface area contributed by atoms with Crippen molar-refractivity contribution in [3.8, 4) is 17.2 Å². The van der Waals surface area contributed by atoms with Gasteiger partial charge in [0.2, 0.25) is 6.79 Å². The van der Waals surface area contributed by atoms with Crippen molar-refractivity contribution < 1.29 is 45.7 Å². The van der Waals surface area contributed by atoms with Crippen LogP contribution < -0.4 is 14.2 Å². The van der Waals surface area contributed by atoms with Crippen LogP contribution in [0.1, 0.15) is 50.3 Å². The summed E-state index contributed by atoms with van der Waals surface area (Å²) >= 11 is 0. The molecule has 2 aromatic carbocycles. The zero-order valence-electron chi connectivity index (χ0n) is 22.4. The Balaban J connectivity index is 1.34. The SMILES string of the molecule is CC(C)Cc1cc(C(O)(C(F)(F)F)C(F)(F)F)ccc1OCCCCN1C=NC(C)(c2ccc3c(c2)OCO3)C1. The van der Waals surface area contributed by atoms with Crippen LogP contribution in [0.15, 0.2) is 41.4 Å². The summed E-state index contributed by atoms with van der Waals surface area (Å²) in [7, 11) is 0. The maximum atomic E-state index is 13.4. The lowest BCUT2D eigenvalue weighted by Gasteiger charge is -2.33. The highest BCUT2D eigenvalue weighted by molar-refractivity contribution is 5.60. The molecule has 0 radical (unpaired) electrons. The molecule has 1 atom stereocenters. The quantitative estimate of drug-likeness (QED) is 0.265. The lowest BCUT2D eigenvalue weighted by molar-refractivity contribution is -0.376. The number of fused-ring (bicyclic) bond motifs is 1. The van der Waals surface area contributed by atoms with Gasteiger partial charge in [-0.25, -0.2) is 0 Å². The van der Waals surface area contributed by atoms with E-state index in [0.717, 1.165) is 24.1 Å². The van der Waals surface area contributed by atoms with E-state index in [1.54, 1.807) is 20.2 Å². The second kappa shape index (κ2) is 11.0. The monoisotopic (exact) mass is 574 g/mol. The third-order valence-electron chi connectivity index (χ3n) is 7.04. The largest absolute Gasteiger partial charge is 0.493 e. The standard InChI is InChI=1S/C28H32F6N2O4/c1-18(2)12-19-13-21(26(37,27(29,30)31)28(32,33)34)7-8-22(19)38-11-5-4-10-36-15-25(3,35-16-36)20-6-9-23-24(14-20)40-17-39-23/h6-9,13-14,16,18,37H,4-5,10-12,15,17H2,1-3H3. The van der Waals surface area contributed by atoms with E-state index in [-0.39, 0.29) is 37.1 Å². The number of halogens is 6. The van der Waals surface area contributed by atoms with E-state index in [1.807, 2.05) is 25.1 Å². The third-order valence-corrected chi connectivity index (χ3v) is 7.04. The average molecular weight is 575 g/mol. The Morgan fingerprint density at radius 1 is 1.00 bits per heavy atom. The van der Waals surface area contributed by atoms with Gasteiger partial charge in [-0.1, -0.05) is 26.0 Å². The van der Waals surface area contributed by atoms with Crippen LogP contribution in [0.4, 0.5) is 26.3 Å². The lowest BCUT2D eigenvalue weighted by Crippen LogP contribution is -2.53. The summed E-state index contributed by atoms with van der Waals surface area (Å²) in [6, 6.07) is 8.20. The van der Waals surface area contributed by atoms with Gasteiger partial charge in [-0.15, -0.1) is 0 Å². The van der Waals surface area contributed by atoms with Gasteiger partial charge in [-0.3, -0.25) is 4.99 Å². The number of nitrogens with zero attached hydrogens (tertiary/aromatic N) is 2. The van der Waals surface area contributed by atoms with Gasteiger partial charge in [0.05, 0.1) is 12.9 Å². The van der Waals surface area contributed by atoms with Gasteiger partial charge in [-0.05, 0) is 67.5 Å². The summed E-state index contributed by atoms with van der Waals surface area (Å²) in [4.78, 5) is 6.77. The summed E-state index contributed by atoms with van der Waals surface area (Å²) in [5.74, 6) is 1.52. The van der Waals surface area contributed by atoms with Gasteiger partial charge >= 0.3 is 12.4 Å². The van der Waals surface area contributed by atoms with Crippen LogP contribution >= 0.6 is 0 Å². The highest BCUT2D eigenvalue weighted by Crippen LogP contribution is 2.50. The molecule has 0 fully saturated rings. The van der Waals surface area contributed by atoms with Crippen molar-refractivity contribution in [2.45, 2.75) is 63.5 Å². The first-order valence-electron chi connectivity index (χ1n) is 13.0. The molecular formula is C28H32F6N2O4. The van der Waals surface area contributed by atoms with E-state index in [4.69, 9.17) is 14.2 Å². The molecule has 220 valence electrons. The fourth-order valence-electron chi connectivity index (χ4n) is 4.85.